The van der Waals surface area contributed by atoms with Gasteiger partial charge in [-0.3, -0.25) is 9.88 Å². The Bertz CT molecular complexity index is 1930. The van der Waals surface area contributed by atoms with Gasteiger partial charge in [-0.2, -0.15) is 0 Å². The number of aromatic amines is 1. The summed E-state index contributed by atoms with van der Waals surface area (Å²) in [7, 11) is 0. The molecule has 1 fully saturated rings. The van der Waals surface area contributed by atoms with Crippen molar-refractivity contribution in [3.8, 4) is 11.1 Å². The van der Waals surface area contributed by atoms with Gasteiger partial charge in [-0.15, -0.1) is 0 Å². The van der Waals surface area contributed by atoms with Gasteiger partial charge in [0.05, 0.1) is 26.3 Å². The summed E-state index contributed by atoms with van der Waals surface area (Å²) in [5, 5.41) is 0. The van der Waals surface area contributed by atoms with Crippen molar-refractivity contribution in [2.45, 2.75) is 6.50 Å². The summed E-state index contributed by atoms with van der Waals surface area (Å²) in [5.74, 6) is -1.26. The van der Waals surface area contributed by atoms with E-state index in [-0.39, 0.29) is 16.0 Å². The molecule has 0 unspecified atom stereocenters. The van der Waals surface area contributed by atoms with E-state index in [9.17, 15) is 4.79 Å². The first kappa shape index (κ1) is 7.18. The number of fused-ring (bicyclic) bond motifs is 1. The van der Waals surface area contributed by atoms with E-state index in [4.69, 9.17) is 27.7 Å². The van der Waals surface area contributed by atoms with Crippen molar-refractivity contribution in [2.24, 2.45) is 0 Å². The minimum Gasteiger partial charge on any atom is -0.406 e. The Morgan fingerprint density at radius 1 is 1.03 bits per heavy atom. The van der Waals surface area contributed by atoms with E-state index >= 15 is 0 Å². The van der Waals surface area contributed by atoms with Crippen molar-refractivity contribution < 1.29 is 27.7 Å². The predicted octanol–water partition coefficient (Wildman–Crippen LogP) is 4.11. The van der Waals surface area contributed by atoms with Crippen LogP contribution in [0.1, 0.15) is 28.9 Å². The third-order valence-corrected chi connectivity index (χ3v) is 3.91. The van der Waals surface area contributed by atoms with Gasteiger partial charge in [-0.25, -0.2) is 4.79 Å². The van der Waals surface area contributed by atoms with Crippen molar-refractivity contribution in [3.05, 3.63) is 88.7 Å². The number of benzene rings is 3. The minimum absolute atomic E-state index is 0.133. The lowest BCUT2D eigenvalue weighted by Crippen LogP contribution is -2.46. The van der Waals surface area contributed by atoms with Crippen molar-refractivity contribution in [1.29, 1.82) is 0 Å². The van der Waals surface area contributed by atoms with E-state index < -0.39 is 108 Å². The van der Waals surface area contributed by atoms with E-state index in [1.54, 1.807) is 6.07 Å². The lowest BCUT2D eigenvalue weighted by Gasteiger charge is -2.36. The molecule has 146 valence electrons. The molecule has 0 aliphatic carbocycles. The van der Waals surface area contributed by atoms with Crippen LogP contribution in [0.4, 0.5) is 5.69 Å². The minimum atomic E-state index is -3.98. The van der Waals surface area contributed by atoms with Crippen molar-refractivity contribution in [2.75, 3.05) is 30.9 Å². The molecule has 1 saturated heterocycles. The van der Waals surface area contributed by atoms with Gasteiger partial charge in [0.15, 0.2) is 5.58 Å². The first-order valence-electron chi connectivity index (χ1n) is 16.9. The van der Waals surface area contributed by atoms with Gasteiger partial charge >= 0.3 is 5.76 Å². The summed E-state index contributed by atoms with van der Waals surface area (Å²) < 4.78 is 152. The van der Waals surface area contributed by atoms with E-state index in [1.165, 1.54) is 24.3 Å². The second kappa shape index (κ2) is 7.60. The zero-order chi connectivity index (χ0) is 34.7. The van der Waals surface area contributed by atoms with Gasteiger partial charge in [0.25, 0.3) is 0 Å². The molecule has 0 saturated carbocycles. The molecule has 1 aliphatic heterocycles. The van der Waals surface area contributed by atoms with E-state index in [1.807, 2.05) is 4.98 Å². The number of piperazine rings is 1. The third-order valence-electron chi connectivity index (χ3n) is 3.91. The molecule has 3 aromatic carbocycles. The highest BCUT2D eigenvalue weighted by Crippen LogP contribution is 2.26. The predicted molar refractivity (Wildman–Crippen MR) is 116 cm³/mol. The van der Waals surface area contributed by atoms with Crippen LogP contribution in [0.2, 0.25) is 0 Å². The number of hydrogen-bond acceptors (Lipinski definition) is 4. The Morgan fingerprint density at radius 2 is 1.83 bits per heavy atom. The number of aromatic nitrogens is 1. The number of hydrogen-bond donors (Lipinski definition) is 1. The molecule has 1 aromatic heterocycles. The number of para-hydroxylation sites is 1. The smallest absolute Gasteiger partial charge is 0.406 e. The van der Waals surface area contributed by atoms with Gasteiger partial charge < -0.3 is 9.32 Å². The first-order chi connectivity index (χ1) is 21.0. The topological polar surface area (TPSA) is 52.5 Å². The number of anilines is 1. The highest BCUT2D eigenvalue weighted by Gasteiger charge is 2.20. The normalized spacial score (nSPS) is 31.0. The molecule has 4 aromatic rings. The quantitative estimate of drug-likeness (QED) is 0.558. The summed E-state index contributed by atoms with van der Waals surface area (Å²) in [6, 6.07) is 0.960. The maximum absolute atomic E-state index is 12.1. The Balaban J connectivity index is 1.83. The van der Waals surface area contributed by atoms with Gasteiger partial charge in [0.1, 0.15) is 0 Å². The Morgan fingerprint density at radius 3 is 2.66 bits per heavy atom. The van der Waals surface area contributed by atoms with Gasteiger partial charge in [0, 0.05) is 40.7 Å². The molecule has 5 rings (SSSR count). The fraction of sp³-hybridized carbons (Fsp3) is 0.208. The van der Waals surface area contributed by atoms with Crippen molar-refractivity contribution >= 4 is 16.8 Å². The molecule has 1 aliphatic rings. The molecular weight excluding hydrogens is 362 g/mol. The second-order valence-electron chi connectivity index (χ2n) is 5.79. The molecule has 0 amide bonds. The van der Waals surface area contributed by atoms with Crippen LogP contribution in [-0.2, 0) is 6.50 Å². The van der Waals surface area contributed by atoms with Crippen LogP contribution in [0, 0.1) is 0 Å². The third kappa shape index (κ3) is 3.69. The maximum Gasteiger partial charge on any atom is 0.417 e. The maximum atomic E-state index is 12.1. The largest absolute Gasteiger partial charge is 0.417 e. The van der Waals surface area contributed by atoms with Crippen LogP contribution in [0.15, 0.2) is 81.8 Å². The monoisotopic (exact) mass is 402 g/mol. The molecule has 1 N–H and O–H groups in total. The van der Waals surface area contributed by atoms with Crippen LogP contribution in [0.25, 0.3) is 22.2 Å². The number of H-pyrrole nitrogens is 1. The molecule has 0 radical (unpaired) electrons. The second-order valence-corrected chi connectivity index (χ2v) is 5.79. The molecule has 2 heterocycles. The number of nitrogens with zero attached hydrogens (tertiary/aromatic N) is 2. The van der Waals surface area contributed by atoms with Crippen molar-refractivity contribution in [1.82, 2.24) is 9.88 Å². The molecule has 0 atom stereocenters. The zero-order valence-corrected chi connectivity index (χ0v) is 14.6. The summed E-state index contributed by atoms with van der Waals surface area (Å²) in [6.07, 6.45) is 0. The lowest BCUT2D eigenvalue weighted by molar-refractivity contribution is 0.250. The standard InChI is InChI=1S/C24H23N3O2/c28-24-25-21-10-5-11-22(23(21)29-24)27-14-12-26(13-15-27)17-18-6-4-9-20(16-18)19-7-2-1-3-8-19/h1-11,16H,12-15,17H2,(H,25,28)/i4D,5D,6D,9D,10D,11D,12D2,13D2,14D2,15D2,16D,17D2. The van der Waals surface area contributed by atoms with Gasteiger partial charge in [-0.1, -0.05) is 54.5 Å². The summed E-state index contributed by atoms with van der Waals surface area (Å²) in [6.45, 7) is -19.5. The Kier molecular flexibility index (Phi) is 1.88. The fourth-order valence-electron chi connectivity index (χ4n) is 2.63. The fourth-order valence-corrected chi connectivity index (χ4v) is 2.63. The van der Waals surface area contributed by atoms with Crippen LogP contribution in [0.3, 0.4) is 0 Å². The van der Waals surface area contributed by atoms with E-state index in [0.717, 1.165) is 0 Å². The van der Waals surface area contributed by atoms with Gasteiger partial charge in [0.2, 0.25) is 0 Å². The van der Waals surface area contributed by atoms with Crippen molar-refractivity contribution in [3.63, 3.8) is 0 Å². The average molecular weight is 403 g/mol. The SMILES string of the molecule is [2H]c1c([2H])c(-c2ccccc2)c([2H])c(C([2H])([2H])N2C([2H])([2H])C([2H])([2H])N(c3c([2H])c([2H])c([2H])c4[nH]c(=O)oc34)C([2H])([2H])C2([2H])[2H])c1[2H]. The molecule has 29 heavy (non-hydrogen) atoms. The molecule has 0 bridgehead atoms. The van der Waals surface area contributed by atoms with Crippen LogP contribution >= 0.6 is 0 Å². The Labute approximate surface area is 193 Å². The molecule has 5 nitrogen and oxygen atoms in total. The van der Waals surface area contributed by atoms with E-state index in [2.05, 4.69) is 0 Å². The highest BCUT2D eigenvalue weighted by molar-refractivity contribution is 5.86. The van der Waals surface area contributed by atoms with Crippen LogP contribution in [-0.4, -0.2) is 35.9 Å². The van der Waals surface area contributed by atoms with Crippen LogP contribution in [0.5, 0.6) is 0 Å². The number of oxazole rings is 1. The lowest BCUT2D eigenvalue weighted by atomic mass is 10.0. The van der Waals surface area contributed by atoms with E-state index in [0.29, 0.717) is 0 Å². The summed E-state index contributed by atoms with van der Waals surface area (Å²) in [4.78, 5) is 13.4. The van der Waals surface area contributed by atoms with Gasteiger partial charge in [-0.05, 0) is 34.8 Å². The summed E-state index contributed by atoms with van der Waals surface area (Å²) >= 11 is 0. The number of rotatable bonds is 4. The molecular formula is C24H23N3O2. The Hall–Kier alpha value is -3.31. The zero-order valence-electron chi connectivity index (χ0n) is 31.6. The summed E-state index contributed by atoms with van der Waals surface area (Å²) in [5.41, 5.74) is -3.94. The molecule has 5 heteroatoms. The average Bonchev–Trinajstić information content (AvgIpc) is 3.33. The number of nitrogens with one attached hydrogen (secondary N) is 1. The van der Waals surface area contributed by atoms with Crippen LogP contribution < -0.4 is 10.7 Å². The highest BCUT2D eigenvalue weighted by atomic mass is 16.4. The first-order valence-corrected chi connectivity index (χ1v) is 8.36. The molecule has 0 spiro atoms.